The number of H-pyrrole nitrogens is 1. The highest BCUT2D eigenvalue weighted by Crippen LogP contribution is 2.25. The average Bonchev–Trinajstić information content (AvgIpc) is 3.01. The maximum Gasteiger partial charge on any atom is 0.267 e. The molecule has 96 valence electrons. The van der Waals surface area contributed by atoms with Crippen LogP contribution in [0.1, 0.15) is 5.56 Å². The van der Waals surface area contributed by atoms with Crippen molar-refractivity contribution in [2.45, 2.75) is 0 Å². The van der Waals surface area contributed by atoms with Crippen LogP contribution in [0.5, 0.6) is 0 Å². The fourth-order valence-electron chi connectivity index (χ4n) is 2.08. The van der Waals surface area contributed by atoms with E-state index in [0.29, 0.717) is 17.0 Å². The van der Waals surface area contributed by atoms with Crippen molar-refractivity contribution < 1.29 is 4.42 Å². The molecule has 0 amide bonds. The fourth-order valence-corrected chi connectivity index (χ4v) is 2.08. The SMILES string of the molecule is N#Cc1c(-c2ccccc2)cc(-c2ccco2)[nH]c1=O. The summed E-state index contributed by atoms with van der Waals surface area (Å²) in [5.74, 6) is 0.559. The molecule has 0 spiro atoms. The molecule has 0 atom stereocenters. The van der Waals surface area contributed by atoms with Gasteiger partial charge in [-0.3, -0.25) is 4.79 Å². The number of pyridine rings is 1. The molecular weight excluding hydrogens is 252 g/mol. The Balaban J connectivity index is 2.28. The zero-order chi connectivity index (χ0) is 13.9. The van der Waals surface area contributed by atoms with Crippen LogP contribution in [0.2, 0.25) is 0 Å². The molecule has 0 radical (unpaired) electrons. The molecule has 0 aliphatic heterocycles. The van der Waals surface area contributed by atoms with Crippen molar-refractivity contribution in [3.05, 3.63) is 70.7 Å². The summed E-state index contributed by atoms with van der Waals surface area (Å²) >= 11 is 0. The molecule has 2 heterocycles. The highest BCUT2D eigenvalue weighted by Gasteiger charge is 2.13. The van der Waals surface area contributed by atoms with Gasteiger partial charge < -0.3 is 9.40 Å². The molecule has 20 heavy (non-hydrogen) atoms. The maximum absolute atomic E-state index is 12.0. The van der Waals surface area contributed by atoms with Crippen LogP contribution in [0.15, 0.2) is 64.0 Å². The number of aromatic amines is 1. The highest BCUT2D eigenvalue weighted by atomic mass is 16.3. The van der Waals surface area contributed by atoms with Gasteiger partial charge in [0.05, 0.1) is 12.0 Å². The molecule has 0 saturated carbocycles. The quantitative estimate of drug-likeness (QED) is 0.771. The second kappa shape index (κ2) is 4.90. The number of furan rings is 1. The molecule has 3 rings (SSSR count). The van der Waals surface area contributed by atoms with Gasteiger partial charge in [-0.05, 0) is 23.8 Å². The predicted octanol–water partition coefficient (Wildman–Crippen LogP) is 3.17. The van der Waals surface area contributed by atoms with Gasteiger partial charge in [0.15, 0.2) is 0 Å². The lowest BCUT2D eigenvalue weighted by molar-refractivity contribution is 0.580. The van der Waals surface area contributed by atoms with Crippen LogP contribution < -0.4 is 5.56 Å². The summed E-state index contributed by atoms with van der Waals surface area (Å²) in [7, 11) is 0. The first-order valence-electron chi connectivity index (χ1n) is 6.06. The van der Waals surface area contributed by atoms with E-state index >= 15 is 0 Å². The summed E-state index contributed by atoms with van der Waals surface area (Å²) in [5, 5.41) is 9.19. The largest absolute Gasteiger partial charge is 0.463 e. The van der Waals surface area contributed by atoms with Crippen molar-refractivity contribution >= 4 is 0 Å². The predicted molar refractivity (Wildman–Crippen MR) is 74.9 cm³/mol. The molecule has 0 bridgehead atoms. The summed E-state index contributed by atoms with van der Waals surface area (Å²) in [4.78, 5) is 14.7. The Morgan fingerprint density at radius 3 is 2.55 bits per heavy atom. The van der Waals surface area contributed by atoms with Gasteiger partial charge in [0.2, 0.25) is 0 Å². The number of nitriles is 1. The average molecular weight is 262 g/mol. The van der Waals surface area contributed by atoms with Crippen molar-refractivity contribution in [1.82, 2.24) is 4.98 Å². The molecule has 4 heteroatoms. The van der Waals surface area contributed by atoms with Crippen molar-refractivity contribution in [2.24, 2.45) is 0 Å². The van der Waals surface area contributed by atoms with Crippen molar-refractivity contribution in [3.8, 4) is 28.7 Å². The lowest BCUT2D eigenvalue weighted by Gasteiger charge is -2.06. The number of benzene rings is 1. The van der Waals surface area contributed by atoms with E-state index < -0.39 is 5.56 Å². The minimum Gasteiger partial charge on any atom is -0.463 e. The van der Waals surface area contributed by atoms with Crippen molar-refractivity contribution in [2.75, 3.05) is 0 Å². The summed E-state index contributed by atoms with van der Waals surface area (Å²) in [6.07, 6.45) is 1.54. The van der Waals surface area contributed by atoms with E-state index in [0.717, 1.165) is 5.56 Å². The summed E-state index contributed by atoms with van der Waals surface area (Å²) < 4.78 is 5.29. The molecule has 1 N–H and O–H groups in total. The van der Waals surface area contributed by atoms with E-state index in [1.165, 1.54) is 6.26 Å². The third-order valence-corrected chi connectivity index (χ3v) is 3.02. The Labute approximate surface area is 114 Å². The third-order valence-electron chi connectivity index (χ3n) is 3.02. The van der Waals surface area contributed by atoms with E-state index in [-0.39, 0.29) is 5.56 Å². The van der Waals surface area contributed by atoms with Gasteiger partial charge >= 0.3 is 0 Å². The summed E-state index contributed by atoms with van der Waals surface area (Å²) in [6, 6.07) is 16.6. The van der Waals surface area contributed by atoms with Crippen LogP contribution in [-0.4, -0.2) is 4.98 Å². The number of nitrogens with zero attached hydrogens (tertiary/aromatic N) is 1. The van der Waals surface area contributed by atoms with Crippen molar-refractivity contribution in [1.29, 1.82) is 5.26 Å². The van der Waals surface area contributed by atoms with E-state index in [1.54, 1.807) is 18.2 Å². The molecular formula is C16H10N2O2. The lowest BCUT2D eigenvalue weighted by Crippen LogP contribution is -2.12. The fraction of sp³-hybridized carbons (Fsp3) is 0. The normalized spacial score (nSPS) is 10.2. The number of nitrogens with one attached hydrogen (secondary N) is 1. The first-order chi connectivity index (χ1) is 9.79. The standard InChI is InChI=1S/C16H10N2O2/c17-10-13-12(11-5-2-1-3-6-11)9-14(18-16(13)19)15-7-4-8-20-15/h1-9H,(H,18,19). The Morgan fingerprint density at radius 1 is 1.10 bits per heavy atom. The molecule has 3 aromatic rings. The van der Waals surface area contributed by atoms with Crippen LogP contribution >= 0.6 is 0 Å². The Hall–Kier alpha value is -3.06. The van der Waals surface area contributed by atoms with Crippen molar-refractivity contribution in [3.63, 3.8) is 0 Å². The van der Waals surface area contributed by atoms with Gasteiger partial charge in [0.1, 0.15) is 17.4 Å². The summed E-state index contributed by atoms with van der Waals surface area (Å²) in [6.45, 7) is 0. The maximum atomic E-state index is 12.0. The molecule has 0 unspecified atom stereocenters. The van der Waals surface area contributed by atoms with Gasteiger partial charge in [-0.15, -0.1) is 0 Å². The summed E-state index contributed by atoms with van der Waals surface area (Å²) in [5.41, 5.74) is 1.66. The number of rotatable bonds is 2. The van der Waals surface area contributed by atoms with Crippen LogP contribution in [-0.2, 0) is 0 Å². The van der Waals surface area contributed by atoms with E-state index in [4.69, 9.17) is 4.42 Å². The Bertz CT molecular complexity index is 825. The van der Waals surface area contributed by atoms with Gasteiger partial charge in [-0.2, -0.15) is 5.26 Å². The van der Waals surface area contributed by atoms with E-state index in [1.807, 2.05) is 36.4 Å². The minimum absolute atomic E-state index is 0.103. The van der Waals surface area contributed by atoms with E-state index in [2.05, 4.69) is 4.98 Å². The molecule has 0 aliphatic rings. The molecule has 0 saturated heterocycles. The zero-order valence-electron chi connectivity index (χ0n) is 10.5. The van der Waals surface area contributed by atoms with E-state index in [9.17, 15) is 10.1 Å². The van der Waals surface area contributed by atoms with Gasteiger partial charge in [0.25, 0.3) is 5.56 Å². The van der Waals surface area contributed by atoms with Gasteiger partial charge in [-0.25, -0.2) is 0 Å². The second-order valence-electron chi connectivity index (χ2n) is 4.26. The monoisotopic (exact) mass is 262 g/mol. The highest BCUT2D eigenvalue weighted by molar-refractivity contribution is 5.73. The Morgan fingerprint density at radius 2 is 1.90 bits per heavy atom. The zero-order valence-corrected chi connectivity index (χ0v) is 10.5. The molecule has 0 fully saturated rings. The first-order valence-corrected chi connectivity index (χ1v) is 6.06. The smallest absolute Gasteiger partial charge is 0.267 e. The van der Waals surface area contributed by atoms with Crippen LogP contribution in [0.25, 0.3) is 22.6 Å². The minimum atomic E-state index is -0.416. The third kappa shape index (κ3) is 2.02. The number of aromatic nitrogens is 1. The number of hydrogen-bond acceptors (Lipinski definition) is 3. The van der Waals surface area contributed by atoms with Crippen LogP contribution in [0.4, 0.5) is 0 Å². The van der Waals surface area contributed by atoms with Crippen LogP contribution in [0, 0.1) is 11.3 Å². The molecule has 4 nitrogen and oxygen atoms in total. The molecule has 2 aromatic heterocycles. The molecule has 1 aromatic carbocycles. The second-order valence-corrected chi connectivity index (χ2v) is 4.26. The lowest BCUT2D eigenvalue weighted by atomic mass is 10.0. The first kappa shape index (κ1) is 12.0. The van der Waals surface area contributed by atoms with Crippen LogP contribution in [0.3, 0.4) is 0 Å². The van der Waals surface area contributed by atoms with Gasteiger partial charge in [-0.1, -0.05) is 30.3 Å². The van der Waals surface area contributed by atoms with Gasteiger partial charge in [0, 0.05) is 5.56 Å². The topological polar surface area (TPSA) is 69.8 Å². The molecule has 0 aliphatic carbocycles. The Kier molecular flexibility index (Phi) is 2.94. The number of hydrogen-bond donors (Lipinski definition) is 1.